The number of fused-ring (bicyclic) bond motifs is 1. The van der Waals surface area contributed by atoms with E-state index >= 15 is 0 Å². The average Bonchev–Trinajstić information content (AvgIpc) is 3.09. The van der Waals surface area contributed by atoms with Gasteiger partial charge in [-0.05, 0) is 45.0 Å². The maximum absolute atomic E-state index is 13.3. The van der Waals surface area contributed by atoms with Crippen LogP contribution >= 0.6 is 0 Å². The summed E-state index contributed by atoms with van der Waals surface area (Å²) in [6, 6.07) is 13.9. The first kappa shape index (κ1) is 22.1. The number of carbonyl (C=O) groups is 1. The Hall–Kier alpha value is -4.07. The predicted octanol–water partition coefficient (Wildman–Crippen LogP) is 4.02. The van der Waals surface area contributed by atoms with Crippen LogP contribution in [-0.2, 0) is 4.79 Å². The highest BCUT2D eigenvalue weighted by atomic mass is 16.5. The molecule has 0 aliphatic rings. The Labute approximate surface area is 191 Å². The number of hydrogen-bond donors (Lipinski definition) is 1. The molecule has 4 rings (SSSR count). The van der Waals surface area contributed by atoms with Crippen molar-refractivity contribution in [2.75, 3.05) is 19.5 Å². The third-order valence-electron chi connectivity index (χ3n) is 5.87. The van der Waals surface area contributed by atoms with E-state index in [-0.39, 0.29) is 11.5 Å². The molecule has 0 radical (unpaired) electrons. The molecule has 2 heterocycles. The van der Waals surface area contributed by atoms with Crippen LogP contribution in [0.3, 0.4) is 0 Å². The molecule has 1 amide bonds. The molecular weight excluding hydrogens is 420 g/mol. The standard InChI is InChI=1S/C25H26N4O4/c1-15-20-14-26-29(19-9-7-6-8-10-19)25(31)23(20)16(2)28(15)17(3)24(30)27-18-11-12-21(32-4)22(13-18)33-5/h6-14,17H,1-5H3,(H,27,30). The van der Waals surface area contributed by atoms with E-state index in [1.807, 2.05) is 48.7 Å². The number of benzene rings is 2. The lowest BCUT2D eigenvalue weighted by molar-refractivity contribution is -0.118. The van der Waals surface area contributed by atoms with E-state index in [9.17, 15) is 9.59 Å². The molecule has 170 valence electrons. The van der Waals surface area contributed by atoms with Gasteiger partial charge in [-0.1, -0.05) is 18.2 Å². The molecule has 0 saturated heterocycles. The van der Waals surface area contributed by atoms with Gasteiger partial charge in [0.2, 0.25) is 5.91 Å². The highest BCUT2D eigenvalue weighted by Gasteiger charge is 2.24. The molecule has 0 bridgehead atoms. The average molecular weight is 447 g/mol. The highest BCUT2D eigenvalue weighted by molar-refractivity contribution is 5.95. The van der Waals surface area contributed by atoms with Crippen LogP contribution in [0.2, 0.25) is 0 Å². The number of aromatic nitrogens is 3. The molecule has 0 saturated carbocycles. The Morgan fingerprint density at radius 2 is 1.70 bits per heavy atom. The summed E-state index contributed by atoms with van der Waals surface area (Å²) in [5.41, 5.74) is 2.58. The number of anilines is 1. The Morgan fingerprint density at radius 1 is 1.00 bits per heavy atom. The molecule has 1 atom stereocenters. The highest BCUT2D eigenvalue weighted by Crippen LogP contribution is 2.31. The lowest BCUT2D eigenvalue weighted by Crippen LogP contribution is -2.25. The zero-order valence-corrected chi connectivity index (χ0v) is 19.2. The van der Waals surface area contributed by atoms with Gasteiger partial charge in [-0.15, -0.1) is 0 Å². The van der Waals surface area contributed by atoms with Crippen LogP contribution in [0, 0.1) is 13.8 Å². The first-order valence-electron chi connectivity index (χ1n) is 10.5. The Bertz CT molecular complexity index is 1390. The molecule has 2 aromatic heterocycles. The number of carbonyl (C=O) groups excluding carboxylic acids is 1. The van der Waals surface area contributed by atoms with Crippen molar-refractivity contribution >= 4 is 22.4 Å². The molecule has 33 heavy (non-hydrogen) atoms. The number of nitrogens with zero attached hydrogens (tertiary/aromatic N) is 3. The van der Waals surface area contributed by atoms with E-state index < -0.39 is 6.04 Å². The molecule has 1 N–H and O–H groups in total. The van der Waals surface area contributed by atoms with Crippen molar-refractivity contribution in [1.82, 2.24) is 14.3 Å². The molecule has 1 unspecified atom stereocenters. The number of hydrogen-bond acceptors (Lipinski definition) is 5. The van der Waals surface area contributed by atoms with Crippen LogP contribution in [0.1, 0.15) is 24.4 Å². The normalized spacial score (nSPS) is 11.9. The van der Waals surface area contributed by atoms with Gasteiger partial charge in [0.25, 0.3) is 5.56 Å². The van der Waals surface area contributed by atoms with Gasteiger partial charge in [0.1, 0.15) is 6.04 Å². The third-order valence-corrected chi connectivity index (χ3v) is 5.87. The second-order valence-corrected chi connectivity index (χ2v) is 7.76. The van der Waals surface area contributed by atoms with Crippen molar-refractivity contribution in [2.45, 2.75) is 26.8 Å². The summed E-state index contributed by atoms with van der Waals surface area (Å²) in [5, 5.41) is 8.57. The van der Waals surface area contributed by atoms with Gasteiger partial charge >= 0.3 is 0 Å². The summed E-state index contributed by atoms with van der Waals surface area (Å²) < 4.78 is 13.8. The van der Waals surface area contributed by atoms with Gasteiger partial charge in [0.05, 0.1) is 31.5 Å². The molecule has 2 aromatic carbocycles. The summed E-state index contributed by atoms with van der Waals surface area (Å²) in [6.45, 7) is 5.55. The SMILES string of the molecule is COc1ccc(NC(=O)C(C)n2c(C)c3cnn(-c4ccccc4)c(=O)c3c2C)cc1OC. The first-order chi connectivity index (χ1) is 15.9. The largest absolute Gasteiger partial charge is 0.493 e. The van der Waals surface area contributed by atoms with Crippen molar-refractivity contribution in [3.8, 4) is 17.2 Å². The van der Waals surface area contributed by atoms with Crippen LogP contribution in [0.4, 0.5) is 5.69 Å². The van der Waals surface area contributed by atoms with Gasteiger partial charge in [0, 0.05) is 28.5 Å². The first-order valence-corrected chi connectivity index (χ1v) is 10.5. The predicted molar refractivity (Wildman–Crippen MR) is 128 cm³/mol. The molecular formula is C25H26N4O4. The van der Waals surface area contributed by atoms with E-state index in [2.05, 4.69) is 10.4 Å². The number of rotatable bonds is 6. The van der Waals surface area contributed by atoms with Gasteiger partial charge in [-0.2, -0.15) is 9.78 Å². The summed E-state index contributed by atoms with van der Waals surface area (Å²) in [7, 11) is 3.10. The monoisotopic (exact) mass is 446 g/mol. The van der Waals surface area contributed by atoms with Crippen LogP contribution in [0.5, 0.6) is 11.5 Å². The number of amides is 1. The number of nitrogens with one attached hydrogen (secondary N) is 1. The number of aryl methyl sites for hydroxylation is 2. The Morgan fingerprint density at radius 3 is 2.36 bits per heavy atom. The fourth-order valence-corrected chi connectivity index (χ4v) is 4.19. The van der Waals surface area contributed by atoms with E-state index in [1.165, 1.54) is 4.68 Å². The summed E-state index contributed by atoms with van der Waals surface area (Å²) >= 11 is 0. The number of para-hydroxylation sites is 1. The minimum Gasteiger partial charge on any atom is -0.493 e. The molecule has 0 aliphatic heterocycles. The Kier molecular flexibility index (Phi) is 5.91. The maximum atomic E-state index is 13.3. The molecule has 8 nitrogen and oxygen atoms in total. The fraction of sp³-hybridized carbons (Fsp3) is 0.240. The van der Waals surface area contributed by atoms with E-state index in [0.717, 1.165) is 16.8 Å². The molecule has 8 heteroatoms. The lowest BCUT2D eigenvalue weighted by Gasteiger charge is -2.18. The minimum atomic E-state index is -0.560. The number of methoxy groups -OCH3 is 2. The van der Waals surface area contributed by atoms with Gasteiger partial charge < -0.3 is 19.4 Å². The topological polar surface area (TPSA) is 87.4 Å². The second kappa shape index (κ2) is 8.82. The van der Waals surface area contributed by atoms with E-state index in [4.69, 9.17) is 9.47 Å². The second-order valence-electron chi connectivity index (χ2n) is 7.76. The fourth-order valence-electron chi connectivity index (χ4n) is 4.19. The molecule has 0 spiro atoms. The number of ether oxygens (including phenoxy) is 2. The van der Waals surface area contributed by atoms with Gasteiger partial charge in [0.15, 0.2) is 11.5 Å². The third kappa shape index (κ3) is 3.84. The summed E-state index contributed by atoms with van der Waals surface area (Å²) in [6.07, 6.45) is 1.68. The van der Waals surface area contributed by atoms with Crippen molar-refractivity contribution in [1.29, 1.82) is 0 Å². The zero-order valence-electron chi connectivity index (χ0n) is 19.2. The molecule has 0 fully saturated rings. The smallest absolute Gasteiger partial charge is 0.281 e. The van der Waals surface area contributed by atoms with Crippen molar-refractivity contribution in [2.24, 2.45) is 0 Å². The van der Waals surface area contributed by atoms with E-state index in [1.54, 1.807) is 45.5 Å². The van der Waals surface area contributed by atoms with Crippen LogP contribution in [0.25, 0.3) is 16.5 Å². The Balaban J connectivity index is 1.71. The van der Waals surface area contributed by atoms with Crippen molar-refractivity contribution in [3.05, 3.63) is 76.5 Å². The minimum absolute atomic E-state index is 0.217. The molecule has 4 aromatic rings. The van der Waals surface area contributed by atoms with E-state index in [0.29, 0.717) is 28.3 Å². The van der Waals surface area contributed by atoms with Crippen molar-refractivity contribution in [3.63, 3.8) is 0 Å². The molecule has 0 aliphatic carbocycles. The maximum Gasteiger partial charge on any atom is 0.281 e. The van der Waals surface area contributed by atoms with Crippen molar-refractivity contribution < 1.29 is 14.3 Å². The van der Waals surface area contributed by atoms with Gasteiger partial charge in [-0.3, -0.25) is 9.59 Å². The van der Waals surface area contributed by atoms with Gasteiger partial charge in [-0.25, -0.2) is 0 Å². The van der Waals surface area contributed by atoms with Crippen LogP contribution < -0.4 is 20.3 Å². The summed E-state index contributed by atoms with van der Waals surface area (Å²) in [4.78, 5) is 26.4. The zero-order chi connectivity index (χ0) is 23.7. The lowest BCUT2D eigenvalue weighted by atomic mass is 10.2. The van der Waals surface area contributed by atoms with Crippen LogP contribution in [-0.4, -0.2) is 34.5 Å². The quantitative estimate of drug-likeness (QED) is 0.483. The van der Waals surface area contributed by atoms with Crippen LogP contribution in [0.15, 0.2) is 59.5 Å². The summed E-state index contributed by atoms with van der Waals surface area (Å²) in [5.74, 6) is 0.883.